The molecule has 0 bridgehead atoms. The van der Waals surface area contributed by atoms with Crippen LogP contribution in [0.5, 0.6) is 0 Å². The predicted octanol–water partition coefficient (Wildman–Crippen LogP) is 2.94. The van der Waals surface area contributed by atoms with Crippen molar-refractivity contribution in [2.45, 2.75) is 52.1 Å². The molecule has 0 aromatic rings. The summed E-state index contributed by atoms with van der Waals surface area (Å²) in [5.41, 5.74) is -1.79. The summed E-state index contributed by atoms with van der Waals surface area (Å²) in [6, 6.07) is 0. The van der Waals surface area contributed by atoms with E-state index in [1.807, 2.05) is 0 Å². The van der Waals surface area contributed by atoms with Crippen molar-refractivity contribution in [3.63, 3.8) is 0 Å². The van der Waals surface area contributed by atoms with E-state index in [0.29, 0.717) is 0 Å². The molecule has 0 aromatic carbocycles. The molecule has 0 aliphatic carbocycles. The second-order valence-electron chi connectivity index (χ2n) is 5.43. The first-order chi connectivity index (χ1) is 11.7. The molecule has 6 nitrogen and oxygen atoms in total. The second kappa shape index (κ2) is 9.08. The van der Waals surface area contributed by atoms with Crippen LogP contribution in [-0.4, -0.2) is 49.6 Å². The highest BCUT2D eigenvalue weighted by molar-refractivity contribution is 5.84. The van der Waals surface area contributed by atoms with Gasteiger partial charge in [0.1, 0.15) is 0 Å². The number of carbonyl (C=O) groups is 3. The van der Waals surface area contributed by atoms with E-state index >= 15 is 0 Å². The van der Waals surface area contributed by atoms with E-state index in [1.54, 1.807) is 0 Å². The smallest absolute Gasteiger partial charge is 0.434 e. The van der Waals surface area contributed by atoms with Crippen molar-refractivity contribution in [1.82, 2.24) is 0 Å². The van der Waals surface area contributed by atoms with Crippen LogP contribution in [-0.2, 0) is 28.6 Å². The highest BCUT2D eigenvalue weighted by atomic mass is 19.4. The molecular formula is C14H18F6O6. The maximum Gasteiger partial charge on any atom is 0.434 e. The fraction of sp³-hybridized carbons (Fsp3) is 0.786. The summed E-state index contributed by atoms with van der Waals surface area (Å²) >= 11 is 0. The van der Waals surface area contributed by atoms with E-state index < -0.39 is 54.8 Å². The summed E-state index contributed by atoms with van der Waals surface area (Å²) in [6.45, 7) is 3.11. The summed E-state index contributed by atoms with van der Waals surface area (Å²) in [5, 5.41) is 0. The van der Waals surface area contributed by atoms with Gasteiger partial charge in [0, 0.05) is 0 Å². The van der Waals surface area contributed by atoms with Gasteiger partial charge in [-0.2, -0.15) is 26.3 Å². The molecule has 0 rings (SSSR count). The van der Waals surface area contributed by atoms with Crippen LogP contribution in [0.15, 0.2) is 0 Å². The lowest BCUT2D eigenvalue weighted by molar-refractivity contribution is -0.313. The third kappa shape index (κ3) is 7.48. The number of hydrogen-bond acceptors (Lipinski definition) is 6. The summed E-state index contributed by atoms with van der Waals surface area (Å²) in [5.74, 6) is -3.96. The van der Waals surface area contributed by atoms with Gasteiger partial charge < -0.3 is 14.2 Å². The lowest BCUT2D eigenvalue weighted by Gasteiger charge is -2.27. The van der Waals surface area contributed by atoms with Crippen LogP contribution in [0.4, 0.5) is 26.3 Å². The summed E-state index contributed by atoms with van der Waals surface area (Å²) in [7, 11) is 0. The summed E-state index contributed by atoms with van der Waals surface area (Å²) in [4.78, 5) is 34.6. The fourth-order valence-corrected chi connectivity index (χ4v) is 1.65. The molecule has 0 spiro atoms. The minimum Gasteiger partial charge on any atom is -0.463 e. The zero-order valence-corrected chi connectivity index (χ0v) is 14.1. The van der Waals surface area contributed by atoms with Gasteiger partial charge in [-0.25, -0.2) is 4.79 Å². The van der Waals surface area contributed by atoms with E-state index in [0.717, 1.165) is 6.92 Å². The minimum atomic E-state index is -5.86. The first kappa shape index (κ1) is 24.0. The first-order valence-corrected chi connectivity index (χ1v) is 7.33. The van der Waals surface area contributed by atoms with Gasteiger partial charge in [-0.1, -0.05) is 6.92 Å². The Morgan fingerprint density at radius 1 is 0.885 bits per heavy atom. The molecule has 0 N–H and O–H groups in total. The Hall–Kier alpha value is -2.01. The average Bonchev–Trinajstić information content (AvgIpc) is 2.48. The topological polar surface area (TPSA) is 78.9 Å². The van der Waals surface area contributed by atoms with E-state index in [4.69, 9.17) is 0 Å². The molecule has 152 valence electrons. The van der Waals surface area contributed by atoms with Gasteiger partial charge in [-0.05, 0) is 20.3 Å². The van der Waals surface area contributed by atoms with Crippen LogP contribution >= 0.6 is 0 Å². The number of alkyl halides is 6. The molecular weight excluding hydrogens is 378 g/mol. The van der Waals surface area contributed by atoms with Crippen molar-refractivity contribution in [1.29, 1.82) is 0 Å². The van der Waals surface area contributed by atoms with Crippen LogP contribution in [0.2, 0.25) is 0 Å². The van der Waals surface area contributed by atoms with Gasteiger partial charge in [-0.15, -0.1) is 0 Å². The molecule has 0 saturated carbocycles. The zero-order valence-electron chi connectivity index (χ0n) is 14.1. The van der Waals surface area contributed by atoms with E-state index in [9.17, 15) is 40.7 Å². The van der Waals surface area contributed by atoms with Crippen LogP contribution in [0.1, 0.15) is 33.6 Å². The molecule has 0 radical (unpaired) electrons. The maximum atomic E-state index is 12.4. The fourth-order valence-electron chi connectivity index (χ4n) is 1.65. The molecule has 26 heavy (non-hydrogen) atoms. The molecule has 0 amide bonds. The van der Waals surface area contributed by atoms with Crippen LogP contribution in [0, 0.1) is 5.41 Å². The zero-order chi connectivity index (χ0) is 20.8. The SMILES string of the molecule is CCOC(=O)COC(=O)C(C)(CC)CC(=O)OC(C(F)(F)F)C(F)(F)F. The van der Waals surface area contributed by atoms with E-state index in [-0.39, 0.29) is 13.0 Å². The number of halogens is 6. The predicted molar refractivity (Wildman–Crippen MR) is 72.6 cm³/mol. The molecule has 1 unspecified atom stereocenters. The average molecular weight is 396 g/mol. The molecule has 0 fully saturated rings. The van der Waals surface area contributed by atoms with Crippen molar-refractivity contribution in [3.05, 3.63) is 0 Å². The van der Waals surface area contributed by atoms with Gasteiger partial charge in [-0.3, -0.25) is 9.59 Å². The maximum absolute atomic E-state index is 12.4. The summed E-state index contributed by atoms with van der Waals surface area (Å²) < 4.78 is 86.9. The first-order valence-electron chi connectivity index (χ1n) is 7.33. The van der Waals surface area contributed by atoms with Crippen molar-refractivity contribution < 1.29 is 54.9 Å². The normalized spacial score (nSPS) is 14.5. The quantitative estimate of drug-likeness (QED) is 0.357. The van der Waals surface area contributed by atoms with Crippen molar-refractivity contribution in [3.8, 4) is 0 Å². The molecule has 0 aromatic heterocycles. The van der Waals surface area contributed by atoms with Crippen LogP contribution in [0.3, 0.4) is 0 Å². The van der Waals surface area contributed by atoms with E-state index in [2.05, 4.69) is 14.2 Å². The second-order valence-corrected chi connectivity index (χ2v) is 5.43. The Kier molecular flexibility index (Phi) is 8.38. The highest BCUT2D eigenvalue weighted by Crippen LogP contribution is 2.37. The van der Waals surface area contributed by atoms with Crippen LogP contribution < -0.4 is 0 Å². The largest absolute Gasteiger partial charge is 0.463 e. The molecule has 0 saturated heterocycles. The number of carbonyl (C=O) groups excluding carboxylic acids is 3. The molecule has 1 atom stereocenters. The van der Waals surface area contributed by atoms with Gasteiger partial charge in [0.05, 0.1) is 18.4 Å². The molecule has 0 aliphatic rings. The Bertz CT molecular complexity index is 501. The Morgan fingerprint density at radius 2 is 1.38 bits per heavy atom. The lowest BCUT2D eigenvalue weighted by Crippen LogP contribution is -2.46. The van der Waals surface area contributed by atoms with Crippen LogP contribution in [0.25, 0.3) is 0 Å². The Balaban J connectivity index is 5.03. The molecule has 0 heterocycles. The van der Waals surface area contributed by atoms with Gasteiger partial charge >= 0.3 is 30.3 Å². The Labute approximate surface area is 144 Å². The molecule has 12 heteroatoms. The Morgan fingerprint density at radius 3 is 1.77 bits per heavy atom. The number of rotatable bonds is 8. The monoisotopic (exact) mass is 396 g/mol. The van der Waals surface area contributed by atoms with Crippen molar-refractivity contribution in [2.75, 3.05) is 13.2 Å². The number of ether oxygens (including phenoxy) is 3. The van der Waals surface area contributed by atoms with Gasteiger partial charge in [0.25, 0.3) is 6.10 Å². The minimum absolute atomic E-state index is 0.00400. The van der Waals surface area contributed by atoms with E-state index in [1.165, 1.54) is 13.8 Å². The van der Waals surface area contributed by atoms with Crippen molar-refractivity contribution >= 4 is 17.9 Å². The van der Waals surface area contributed by atoms with Gasteiger partial charge in [0.15, 0.2) is 6.61 Å². The highest BCUT2D eigenvalue weighted by Gasteiger charge is 2.60. The number of esters is 3. The summed E-state index contributed by atoms with van der Waals surface area (Å²) in [6.07, 6.45) is -17.3. The molecule has 0 aliphatic heterocycles. The third-order valence-electron chi connectivity index (χ3n) is 3.28. The van der Waals surface area contributed by atoms with Gasteiger partial charge in [0.2, 0.25) is 0 Å². The standard InChI is InChI=1S/C14H18F6O6/c1-4-12(3,11(23)25-7-9(22)24-5-2)6-8(21)26-10(13(15,16)17)14(18,19)20/h10H,4-7H2,1-3H3. The number of hydrogen-bond donors (Lipinski definition) is 0. The lowest BCUT2D eigenvalue weighted by atomic mass is 9.84. The van der Waals surface area contributed by atoms with Crippen molar-refractivity contribution in [2.24, 2.45) is 5.41 Å². The third-order valence-corrected chi connectivity index (χ3v) is 3.28.